The third-order valence-electron chi connectivity index (χ3n) is 4.64. The summed E-state index contributed by atoms with van der Waals surface area (Å²) in [7, 11) is 0. The number of nitrogens with zero attached hydrogens (tertiary/aromatic N) is 3. The van der Waals surface area contributed by atoms with Crippen LogP contribution < -0.4 is 11.1 Å². The summed E-state index contributed by atoms with van der Waals surface area (Å²) in [5.74, 6) is 0. The van der Waals surface area contributed by atoms with Crippen LogP contribution in [-0.4, -0.2) is 65.7 Å². The predicted octanol–water partition coefficient (Wildman–Crippen LogP) is 3.44. The lowest BCUT2D eigenvalue weighted by Gasteiger charge is -2.35. The lowest BCUT2D eigenvalue weighted by molar-refractivity contribution is 0.0148. The molecule has 0 spiro atoms. The fourth-order valence-corrected chi connectivity index (χ4v) is 3.39. The highest BCUT2D eigenvalue weighted by molar-refractivity contribution is 6.33. The summed E-state index contributed by atoms with van der Waals surface area (Å²) < 4.78 is 5.44. The van der Waals surface area contributed by atoms with E-state index in [1.54, 1.807) is 4.90 Å². The molecule has 3 N–H and O–H groups in total. The van der Waals surface area contributed by atoms with Crippen molar-refractivity contribution in [3.05, 3.63) is 29.4 Å². The minimum atomic E-state index is -0.466. The van der Waals surface area contributed by atoms with Crippen LogP contribution in [0.2, 0.25) is 5.15 Å². The van der Waals surface area contributed by atoms with Gasteiger partial charge in [-0.3, -0.25) is 4.90 Å². The summed E-state index contributed by atoms with van der Waals surface area (Å²) in [5, 5.41) is 4.68. The highest BCUT2D eigenvalue weighted by Crippen LogP contribution is 2.33. The summed E-state index contributed by atoms with van der Waals surface area (Å²) >= 11 is 6.18. The highest BCUT2D eigenvalue weighted by Gasteiger charge is 2.25. The molecule has 152 valence electrons. The van der Waals surface area contributed by atoms with Gasteiger partial charge in [0.2, 0.25) is 0 Å². The summed E-state index contributed by atoms with van der Waals surface area (Å²) in [5.41, 5.74) is 7.78. The maximum atomic E-state index is 12.2. The Morgan fingerprint density at radius 3 is 2.61 bits per heavy atom. The highest BCUT2D eigenvalue weighted by atomic mass is 35.5. The number of halogens is 1. The van der Waals surface area contributed by atoms with Crippen LogP contribution in [0.15, 0.2) is 24.3 Å². The fourth-order valence-electron chi connectivity index (χ4n) is 3.21. The van der Waals surface area contributed by atoms with Gasteiger partial charge in [-0.25, -0.2) is 9.78 Å². The standard InChI is InChI=1S/C20H28ClN5O2/c1-20(2,3)28-19(27)26-12-10-25(11-13-26)9-8-23-17-14-6-4-5-7-15(14)24-18(21)16(17)22/h4-7H,8-13,22H2,1-3H3,(H,23,24). The zero-order chi connectivity index (χ0) is 20.3. The normalized spacial score (nSPS) is 15.6. The first-order chi connectivity index (χ1) is 13.2. The van der Waals surface area contributed by atoms with Gasteiger partial charge in [-0.1, -0.05) is 29.8 Å². The molecule has 0 aliphatic carbocycles. The van der Waals surface area contributed by atoms with E-state index in [0.29, 0.717) is 23.9 Å². The average molecular weight is 406 g/mol. The molecule has 1 amide bonds. The SMILES string of the molecule is CC(C)(C)OC(=O)N1CCN(CCNc2c(N)c(Cl)nc3ccccc23)CC1. The summed E-state index contributed by atoms with van der Waals surface area (Å²) in [6, 6.07) is 7.78. The molecule has 7 nitrogen and oxygen atoms in total. The first-order valence-electron chi connectivity index (χ1n) is 9.52. The topological polar surface area (TPSA) is 83.7 Å². The molecule has 0 radical (unpaired) electrons. The number of pyridine rings is 1. The van der Waals surface area contributed by atoms with E-state index >= 15 is 0 Å². The van der Waals surface area contributed by atoms with E-state index in [2.05, 4.69) is 15.2 Å². The number of ether oxygens (including phenoxy) is 1. The number of carbonyl (C=O) groups excluding carboxylic acids is 1. The summed E-state index contributed by atoms with van der Waals surface area (Å²) in [6.07, 6.45) is -0.240. The monoisotopic (exact) mass is 405 g/mol. The third kappa shape index (κ3) is 4.97. The number of amides is 1. The van der Waals surface area contributed by atoms with Crippen molar-refractivity contribution in [1.82, 2.24) is 14.8 Å². The van der Waals surface area contributed by atoms with Crippen molar-refractivity contribution < 1.29 is 9.53 Å². The summed E-state index contributed by atoms with van der Waals surface area (Å²) in [6.45, 7) is 10.2. The zero-order valence-electron chi connectivity index (χ0n) is 16.7. The first kappa shape index (κ1) is 20.5. The van der Waals surface area contributed by atoms with Crippen molar-refractivity contribution >= 4 is 40.0 Å². The zero-order valence-corrected chi connectivity index (χ0v) is 17.4. The van der Waals surface area contributed by atoms with Gasteiger partial charge < -0.3 is 20.7 Å². The van der Waals surface area contributed by atoms with Crippen LogP contribution in [-0.2, 0) is 4.74 Å². The number of aromatic nitrogens is 1. The molecular weight excluding hydrogens is 378 g/mol. The van der Waals surface area contributed by atoms with E-state index in [1.165, 1.54) is 0 Å². The van der Waals surface area contributed by atoms with E-state index < -0.39 is 5.60 Å². The van der Waals surface area contributed by atoms with Gasteiger partial charge in [0.1, 0.15) is 5.60 Å². The number of nitrogen functional groups attached to an aromatic ring is 1. The van der Waals surface area contributed by atoms with Gasteiger partial charge in [0.25, 0.3) is 0 Å². The third-order valence-corrected chi connectivity index (χ3v) is 4.93. The van der Waals surface area contributed by atoms with Gasteiger partial charge in [0.15, 0.2) is 5.15 Å². The molecule has 2 aromatic rings. The molecule has 0 atom stereocenters. The number of nitrogens with one attached hydrogen (secondary N) is 1. The van der Waals surface area contributed by atoms with Crippen LogP contribution in [0.25, 0.3) is 10.9 Å². The molecule has 2 heterocycles. The van der Waals surface area contributed by atoms with Crippen molar-refractivity contribution in [3.63, 3.8) is 0 Å². The number of fused-ring (bicyclic) bond motifs is 1. The maximum absolute atomic E-state index is 12.2. The Kier molecular flexibility index (Phi) is 6.15. The second-order valence-corrected chi connectivity index (χ2v) is 8.30. The Labute approximate surface area is 170 Å². The van der Waals surface area contributed by atoms with Gasteiger partial charge in [0, 0.05) is 44.7 Å². The first-order valence-corrected chi connectivity index (χ1v) is 9.90. The molecule has 1 aromatic heterocycles. The molecular formula is C20H28ClN5O2. The van der Waals surface area contributed by atoms with Crippen molar-refractivity contribution in [2.24, 2.45) is 0 Å². The molecule has 0 saturated carbocycles. The van der Waals surface area contributed by atoms with Gasteiger partial charge in [-0.2, -0.15) is 0 Å². The molecule has 1 aliphatic heterocycles. The molecule has 0 bridgehead atoms. The van der Waals surface area contributed by atoms with Crippen LogP contribution >= 0.6 is 11.6 Å². The van der Waals surface area contributed by atoms with Crippen LogP contribution in [0.1, 0.15) is 20.8 Å². The number of rotatable bonds is 4. The van der Waals surface area contributed by atoms with Crippen LogP contribution in [0.3, 0.4) is 0 Å². The molecule has 28 heavy (non-hydrogen) atoms. The molecule has 8 heteroatoms. The van der Waals surface area contributed by atoms with E-state index in [-0.39, 0.29) is 6.09 Å². The molecule has 1 saturated heterocycles. The number of piperazine rings is 1. The molecule has 1 aromatic carbocycles. The minimum absolute atomic E-state index is 0.240. The lowest BCUT2D eigenvalue weighted by Crippen LogP contribution is -2.50. The van der Waals surface area contributed by atoms with Crippen molar-refractivity contribution in [1.29, 1.82) is 0 Å². The molecule has 0 unspecified atom stereocenters. The van der Waals surface area contributed by atoms with Crippen molar-refractivity contribution in [2.45, 2.75) is 26.4 Å². The minimum Gasteiger partial charge on any atom is -0.444 e. The fraction of sp³-hybridized carbons (Fsp3) is 0.500. The van der Waals surface area contributed by atoms with Gasteiger partial charge in [-0.15, -0.1) is 0 Å². The summed E-state index contributed by atoms with van der Waals surface area (Å²) in [4.78, 5) is 20.6. The van der Waals surface area contributed by atoms with Crippen LogP contribution in [0.5, 0.6) is 0 Å². The largest absolute Gasteiger partial charge is 0.444 e. The Morgan fingerprint density at radius 2 is 1.93 bits per heavy atom. The number of hydrogen-bond donors (Lipinski definition) is 2. The van der Waals surface area contributed by atoms with Crippen molar-refractivity contribution in [2.75, 3.05) is 50.3 Å². The van der Waals surface area contributed by atoms with Crippen molar-refractivity contribution in [3.8, 4) is 0 Å². The molecule has 1 aliphatic rings. The Hall–Kier alpha value is -2.25. The number of nitrogens with two attached hydrogens (primary N) is 1. The maximum Gasteiger partial charge on any atom is 0.410 e. The lowest BCUT2D eigenvalue weighted by atomic mass is 10.1. The average Bonchev–Trinajstić information content (AvgIpc) is 2.64. The number of benzene rings is 1. The van der Waals surface area contributed by atoms with E-state index in [1.807, 2.05) is 45.0 Å². The Morgan fingerprint density at radius 1 is 1.25 bits per heavy atom. The van der Waals surface area contributed by atoms with Crippen LogP contribution in [0, 0.1) is 0 Å². The van der Waals surface area contributed by atoms with Crippen LogP contribution in [0.4, 0.5) is 16.2 Å². The van der Waals surface area contributed by atoms with Gasteiger partial charge >= 0.3 is 6.09 Å². The van der Waals surface area contributed by atoms with E-state index in [0.717, 1.165) is 42.8 Å². The Balaban J connectivity index is 1.53. The smallest absolute Gasteiger partial charge is 0.410 e. The second kappa shape index (κ2) is 8.41. The van der Waals surface area contributed by atoms with Gasteiger partial charge in [-0.05, 0) is 26.8 Å². The number of anilines is 2. The molecule has 3 rings (SSSR count). The predicted molar refractivity (Wildman–Crippen MR) is 114 cm³/mol. The Bertz CT molecular complexity index is 844. The quantitative estimate of drug-likeness (QED) is 0.758. The second-order valence-electron chi connectivity index (χ2n) is 7.94. The number of para-hydroxylation sites is 1. The van der Waals surface area contributed by atoms with Gasteiger partial charge in [0.05, 0.1) is 16.9 Å². The number of hydrogen-bond acceptors (Lipinski definition) is 6. The molecule has 1 fully saturated rings. The number of carbonyl (C=O) groups is 1. The van der Waals surface area contributed by atoms with E-state index in [9.17, 15) is 4.79 Å². The van der Waals surface area contributed by atoms with E-state index in [4.69, 9.17) is 22.1 Å².